The van der Waals surface area contributed by atoms with Crippen LogP contribution in [0.25, 0.3) is 0 Å². The van der Waals surface area contributed by atoms with Crippen LogP contribution >= 0.6 is 0 Å². The maximum absolute atomic E-state index is 8.94. The van der Waals surface area contributed by atoms with Crippen LogP contribution in [0, 0.1) is 11.3 Å². The van der Waals surface area contributed by atoms with Gasteiger partial charge in [0.1, 0.15) is 12.4 Å². The summed E-state index contributed by atoms with van der Waals surface area (Å²) in [6.45, 7) is 0. The van der Waals surface area contributed by atoms with E-state index in [1.165, 1.54) is 6.34 Å². The Kier molecular flexibility index (Phi) is 1.45. The first-order chi connectivity index (χ1) is 7.40. The lowest BCUT2D eigenvalue weighted by molar-refractivity contribution is 0.745. The molecule has 0 unspecified atom stereocenters. The maximum atomic E-state index is 8.94. The molecule has 0 saturated heterocycles. The quantitative estimate of drug-likeness (QED) is 0.577. The summed E-state index contributed by atoms with van der Waals surface area (Å²) in [5, 5.41) is 8.94. The second-order valence-electron chi connectivity index (χ2n) is 3.06. The molecule has 0 radical (unpaired) electrons. The fraction of sp³-hybridized carbons (Fsp3) is 0. The van der Waals surface area contributed by atoms with E-state index < -0.39 is 0 Å². The first-order valence-corrected chi connectivity index (χ1v) is 4.37. The number of rotatable bonds is 0. The van der Waals surface area contributed by atoms with Gasteiger partial charge in [0.25, 0.3) is 0 Å². The molecule has 0 bridgehead atoms. The van der Waals surface area contributed by atoms with E-state index in [2.05, 4.69) is 21.0 Å². The second kappa shape index (κ2) is 2.75. The number of guanidine groups is 1. The predicted molar refractivity (Wildman–Crippen MR) is 56.1 cm³/mol. The monoisotopic (exact) mass is 195 g/mol. The van der Waals surface area contributed by atoms with Crippen molar-refractivity contribution < 1.29 is 0 Å². The average molecular weight is 195 g/mol. The van der Waals surface area contributed by atoms with Crippen molar-refractivity contribution in [1.29, 1.82) is 5.26 Å². The zero-order valence-corrected chi connectivity index (χ0v) is 7.62. The Morgan fingerprint density at radius 3 is 3.07 bits per heavy atom. The molecule has 0 spiro atoms. The topological polar surface area (TPSA) is 64.1 Å². The fourth-order valence-corrected chi connectivity index (χ4v) is 1.58. The molecule has 3 heterocycles. The first-order valence-electron chi connectivity index (χ1n) is 4.37. The molecule has 0 saturated carbocycles. The molecule has 3 rings (SSSR count). The van der Waals surface area contributed by atoms with Gasteiger partial charge in [0.15, 0.2) is 5.84 Å². The van der Waals surface area contributed by atoms with Gasteiger partial charge in [-0.1, -0.05) is 0 Å². The van der Waals surface area contributed by atoms with Gasteiger partial charge in [0.2, 0.25) is 5.96 Å². The largest absolute Gasteiger partial charge is 0.262 e. The zero-order chi connectivity index (χ0) is 10.3. The second-order valence-corrected chi connectivity index (χ2v) is 3.06. The average Bonchev–Trinajstić information content (AvgIpc) is 2.30. The Labute approximate surface area is 85.8 Å². The highest BCUT2D eigenvalue weighted by molar-refractivity contribution is 6.19. The number of nitriles is 1. The Balaban J connectivity index is 2.24. The van der Waals surface area contributed by atoms with E-state index in [0.29, 0.717) is 17.4 Å². The number of allylic oxidation sites excluding steroid dienone is 3. The molecule has 5 nitrogen and oxygen atoms in total. The first kappa shape index (κ1) is 7.88. The van der Waals surface area contributed by atoms with E-state index in [4.69, 9.17) is 5.26 Å². The molecule has 0 atom stereocenters. The summed E-state index contributed by atoms with van der Waals surface area (Å²) in [4.78, 5) is 14.0. The number of amidine groups is 1. The van der Waals surface area contributed by atoms with Gasteiger partial charge in [-0.15, -0.1) is 0 Å². The van der Waals surface area contributed by atoms with Crippen molar-refractivity contribution in [3.63, 3.8) is 0 Å². The van der Waals surface area contributed by atoms with Gasteiger partial charge in [-0.25, -0.2) is 15.0 Å². The minimum Gasteiger partial charge on any atom is -0.262 e. The molecule has 0 aromatic heterocycles. The van der Waals surface area contributed by atoms with Crippen LogP contribution in [0.3, 0.4) is 0 Å². The van der Waals surface area contributed by atoms with E-state index >= 15 is 0 Å². The summed E-state index contributed by atoms with van der Waals surface area (Å²) >= 11 is 0. The van der Waals surface area contributed by atoms with Crippen molar-refractivity contribution in [2.75, 3.05) is 0 Å². The number of aliphatic imine (C=N–C) groups is 3. The van der Waals surface area contributed by atoms with E-state index in [9.17, 15) is 0 Å². The Hall–Kier alpha value is -2.48. The van der Waals surface area contributed by atoms with Crippen molar-refractivity contribution >= 4 is 18.1 Å². The molecule has 70 valence electrons. The molecule has 0 aliphatic carbocycles. The minimum atomic E-state index is 0.521. The Morgan fingerprint density at radius 2 is 2.20 bits per heavy atom. The normalized spacial score (nSPS) is 20.9. The summed E-state index contributed by atoms with van der Waals surface area (Å²) in [5.74, 6) is 1.14. The van der Waals surface area contributed by atoms with Crippen LogP contribution in [0.5, 0.6) is 0 Å². The fourth-order valence-electron chi connectivity index (χ4n) is 1.58. The molecule has 0 N–H and O–H groups in total. The van der Waals surface area contributed by atoms with E-state index in [1.807, 2.05) is 12.2 Å². The van der Waals surface area contributed by atoms with Gasteiger partial charge >= 0.3 is 0 Å². The van der Waals surface area contributed by atoms with Gasteiger partial charge < -0.3 is 0 Å². The lowest BCUT2D eigenvalue weighted by atomic mass is 10.1. The Morgan fingerprint density at radius 1 is 1.27 bits per heavy atom. The highest BCUT2D eigenvalue weighted by Gasteiger charge is 2.28. The zero-order valence-electron chi connectivity index (χ0n) is 7.62. The molecule has 5 heteroatoms. The summed E-state index contributed by atoms with van der Waals surface area (Å²) < 4.78 is 0. The molecule has 0 fully saturated rings. The molecule has 0 amide bonds. The molecule has 15 heavy (non-hydrogen) atoms. The maximum Gasteiger partial charge on any atom is 0.237 e. The molecule has 3 aliphatic rings. The summed E-state index contributed by atoms with van der Waals surface area (Å²) in [7, 11) is 0. The number of hydrogen-bond acceptors (Lipinski definition) is 5. The molecule has 3 aliphatic heterocycles. The van der Waals surface area contributed by atoms with Crippen molar-refractivity contribution in [2.24, 2.45) is 15.0 Å². The Bertz CT molecular complexity index is 551. The van der Waals surface area contributed by atoms with Crippen molar-refractivity contribution in [3.05, 3.63) is 35.7 Å². The van der Waals surface area contributed by atoms with Gasteiger partial charge in [-0.05, 0) is 18.2 Å². The van der Waals surface area contributed by atoms with Gasteiger partial charge in [0, 0.05) is 6.20 Å². The highest BCUT2D eigenvalue weighted by atomic mass is 15.4. The van der Waals surface area contributed by atoms with Crippen LogP contribution in [0.4, 0.5) is 0 Å². The third-order valence-electron chi connectivity index (χ3n) is 2.24. The number of nitrogens with zero attached hydrogens (tertiary/aromatic N) is 5. The predicted octanol–water partition coefficient (Wildman–Crippen LogP) is 0.960. The standard InChI is InChI=1S/C10H5N5/c11-5-7-1-2-8-3-4-12-10-14-6-13-9(7)15(8)10/h1-4,6H. The summed E-state index contributed by atoms with van der Waals surface area (Å²) in [6, 6.07) is 2.10. The van der Waals surface area contributed by atoms with E-state index in [1.54, 1.807) is 17.2 Å². The van der Waals surface area contributed by atoms with Gasteiger partial charge in [-0.3, -0.25) is 4.90 Å². The van der Waals surface area contributed by atoms with Crippen LogP contribution in [0.15, 0.2) is 50.7 Å². The van der Waals surface area contributed by atoms with Crippen LogP contribution in [-0.4, -0.2) is 23.0 Å². The van der Waals surface area contributed by atoms with Gasteiger partial charge in [0.05, 0.1) is 11.3 Å². The van der Waals surface area contributed by atoms with Crippen molar-refractivity contribution in [1.82, 2.24) is 4.90 Å². The lowest BCUT2D eigenvalue weighted by Crippen LogP contribution is -2.40. The van der Waals surface area contributed by atoms with E-state index in [-0.39, 0.29) is 0 Å². The third-order valence-corrected chi connectivity index (χ3v) is 2.24. The smallest absolute Gasteiger partial charge is 0.237 e. The molecular formula is C10H5N5. The lowest BCUT2D eigenvalue weighted by Gasteiger charge is -2.30. The third kappa shape index (κ3) is 0.987. The summed E-state index contributed by atoms with van der Waals surface area (Å²) in [6.07, 6.45) is 8.55. The van der Waals surface area contributed by atoms with Gasteiger partial charge in [-0.2, -0.15) is 5.26 Å². The van der Waals surface area contributed by atoms with Crippen molar-refractivity contribution in [2.45, 2.75) is 0 Å². The summed E-state index contributed by atoms with van der Waals surface area (Å²) in [5.41, 5.74) is 1.45. The highest BCUT2D eigenvalue weighted by Crippen LogP contribution is 2.23. The SMILES string of the molecule is N#CC1=CC=C2C=CN=C3N=CN=C1N23. The van der Waals surface area contributed by atoms with Crippen LogP contribution < -0.4 is 0 Å². The van der Waals surface area contributed by atoms with Crippen LogP contribution in [-0.2, 0) is 0 Å². The molecule has 0 aromatic carbocycles. The van der Waals surface area contributed by atoms with Crippen LogP contribution in [0.2, 0.25) is 0 Å². The van der Waals surface area contributed by atoms with Crippen molar-refractivity contribution in [3.8, 4) is 6.07 Å². The number of hydrogen-bond donors (Lipinski definition) is 0. The molecular weight excluding hydrogens is 190 g/mol. The van der Waals surface area contributed by atoms with Crippen LogP contribution in [0.1, 0.15) is 0 Å². The van der Waals surface area contributed by atoms with E-state index in [0.717, 1.165) is 5.70 Å². The molecule has 0 aromatic rings. The minimum absolute atomic E-state index is 0.521.